The van der Waals surface area contributed by atoms with Crippen molar-refractivity contribution in [1.29, 1.82) is 0 Å². The first-order valence-electron chi connectivity index (χ1n) is 13.6. The van der Waals surface area contributed by atoms with Crippen LogP contribution < -0.4 is 10.6 Å². The summed E-state index contributed by atoms with van der Waals surface area (Å²) in [5.74, 6) is -2.25. The average Bonchev–Trinajstić information content (AvgIpc) is 3.58. The lowest BCUT2D eigenvalue weighted by molar-refractivity contribution is -0.142. The molecule has 0 unspecified atom stereocenters. The van der Waals surface area contributed by atoms with E-state index < -0.39 is 29.6 Å². The molecule has 1 aliphatic carbocycles. The standard InChI is InChI=1S/C30H32ClN3O4S/c1-39-22-9-5-8-21(16-22)33-27(35)24-23-14-15-30(38-23)25(24)29(37)34(17-18-10-12-19(31)13-11-18)26(30)28(36)32-20-6-3-2-4-7-20/h5,8-16,20,23-26H,2-4,6-7,17H2,1H3,(H,32,36)(H,33,35)/t23-,24-,25-,26-,30-/m0/s1. The Labute approximate surface area is 237 Å². The minimum atomic E-state index is -1.18. The Morgan fingerprint density at radius 2 is 1.87 bits per heavy atom. The summed E-state index contributed by atoms with van der Waals surface area (Å²) in [4.78, 5) is 44.4. The van der Waals surface area contributed by atoms with Crippen molar-refractivity contribution in [2.45, 2.75) is 67.3 Å². The molecular formula is C30H32ClN3O4S. The number of hydrogen-bond donors (Lipinski definition) is 2. The molecule has 9 heteroatoms. The summed E-state index contributed by atoms with van der Waals surface area (Å²) in [7, 11) is 0. The normalized spacial score (nSPS) is 29.5. The minimum Gasteiger partial charge on any atom is -0.359 e. The van der Waals surface area contributed by atoms with Gasteiger partial charge >= 0.3 is 0 Å². The number of anilines is 1. The Kier molecular flexibility index (Phi) is 7.20. The average molecular weight is 566 g/mol. The summed E-state index contributed by atoms with van der Waals surface area (Å²) < 4.78 is 6.46. The number of carbonyl (C=O) groups is 3. The molecule has 6 rings (SSSR count). The van der Waals surface area contributed by atoms with Crippen LogP contribution in [0.1, 0.15) is 37.7 Å². The van der Waals surface area contributed by atoms with E-state index in [1.165, 1.54) is 6.42 Å². The van der Waals surface area contributed by atoms with Crippen LogP contribution in [-0.4, -0.2) is 52.7 Å². The summed E-state index contributed by atoms with van der Waals surface area (Å²) in [6, 6.07) is 14.1. The van der Waals surface area contributed by atoms with Crippen molar-refractivity contribution in [1.82, 2.24) is 10.2 Å². The zero-order valence-corrected chi connectivity index (χ0v) is 23.3. The van der Waals surface area contributed by atoms with Crippen molar-refractivity contribution in [3.63, 3.8) is 0 Å². The number of benzene rings is 2. The van der Waals surface area contributed by atoms with E-state index in [0.717, 1.165) is 36.1 Å². The van der Waals surface area contributed by atoms with E-state index in [-0.39, 0.29) is 30.3 Å². The Morgan fingerprint density at radius 1 is 1.10 bits per heavy atom. The number of nitrogens with one attached hydrogen (secondary N) is 2. The second-order valence-electron chi connectivity index (χ2n) is 10.9. The van der Waals surface area contributed by atoms with E-state index in [0.29, 0.717) is 10.7 Å². The molecule has 0 radical (unpaired) electrons. The number of hydrogen-bond acceptors (Lipinski definition) is 5. The van der Waals surface area contributed by atoms with Gasteiger partial charge < -0.3 is 20.3 Å². The highest BCUT2D eigenvalue weighted by molar-refractivity contribution is 7.98. The molecule has 2 bridgehead atoms. The summed E-state index contributed by atoms with van der Waals surface area (Å²) in [5.41, 5.74) is 0.339. The smallest absolute Gasteiger partial charge is 0.246 e. The van der Waals surface area contributed by atoms with E-state index in [9.17, 15) is 14.4 Å². The largest absolute Gasteiger partial charge is 0.359 e. The van der Waals surface area contributed by atoms with E-state index in [2.05, 4.69) is 10.6 Å². The Balaban J connectivity index is 1.32. The molecule has 39 heavy (non-hydrogen) atoms. The van der Waals surface area contributed by atoms with Crippen molar-refractivity contribution in [3.8, 4) is 0 Å². The van der Waals surface area contributed by atoms with E-state index in [4.69, 9.17) is 16.3 Å². The van der Waals surface area contributed by atoms with Crippen LogP contribution in [0.5, 0.6) is 0 Å². The van der Waals surface area contributed by atoms with Gasteiger partial charge in [0.15, 0.2) is 0 Å². The summed E-state index contributed by atoms with van der Waals surface area (Å²) >= 11 is 7.68. The van der Waals surface area contributed by atoms with Gasteiger partial charge in [0.1, 0.15) is 11.6 Å². The highest BCUT2D eigenvalue weighted by Gasteiger charge is 2.72. The first-order chi connectivity index (χ1) is 18.9. The highest BCUT2D eigenvalue weighted by atomic mass is 35.5. The number of fused-ring (bicyclic) bond motifs is 1. The number of amides is 3. The highest BCUT2D eigenvalue weighted by Crippen LogP contribution is 2.55. The number of thioether (sulfide) groups is 1. The lowest BCUT2D eigenvalue weighted by atomic mass is 9.74. The number of rotatable bonds is 7. The second-order valence-corrected chi connectivity index (χ2v) is 12.2. The van der Waals surface area contributed by atoms with Crippen LogP contribution in [0, 0.1) is 11.8 Å². The predicted octanol–water partition coefficient (Wildman–Crippen LogP) is 4.80. The molecule has 2 aromatic rings. The molecular weight excluding hydrogens is 534 g/mol. The lowest BCUT2D eigenvalue weighted by Gasteiger charge is -2.34. The maximum atomic E-state index is 14.1. The third kappa shape index (κ3) is 4.77. The molecule has 4 aliphatic rings. The van der Waals surface area contributed by atoms with Gasteiger partial charge in [-0.05, 0) is 55.0 Å². The van der Waals surface area contributed by atoms with Crippen molar-refractivity contribution in [3.05, 3.63) is 71.3 Å². The summed E-state index contributed by atoms with van der Waals surface area (Å²) in [5, 5.41) is 6.82. The van der Waals surface area contributed by atoms with Gasteiger partial charge in [0.25, 0.3) is 0 Å². The minimum absolute atomic E-state index is 0.0829. The Hall–Kier alpha value is -2.81. The van der Waals surface area contributed by atoms with Gasteiger partial charge in [0, 0.05) is 28.2 Å². The molecule has 2 N–H and O–H groups in total. The predicted molar refractivity (Wildman–Crippen MR) is 151 cm³/mol. The monoisotopic (exact) mass is 565 g/mol. The molecule has 1 spiro atoms. The number of carbonyl (C=O) groups excluding carboxylic acids is 3. The van der Waals surface area contributed by atoms with Crippen LogP contribution >= 0.6 is 23.4 Å². The number of ether oxygens (including phenoxy) is 1. The quantitative estimate of drug-likeness (QED) is 0.372. The lowest BCUT2D eigenvalue weighted by Crippen LogP contribution is -2.56. The van der Waals surface area contributed by atoms with Crippen molar-refractivity contribution >= 4 is 46.8 Å². The Bertz CT molecular complexity index is 1310. The molecule has 0 aromatic heterocycles. The third-order valence-corrected chi connectivity index (χ3v) is 9.46. The topological polar surface area (TPSA) is 87.7 Å². The first-order valence-corrected chi connectivity index (χ1v) is 15.2. The molecule has 7 nitrogen and oxygen atoms in total. The van der Waals surface area contributed by atoms with Gasteiger partial charge in [-0.25, -0.2) is 0 Å². The van der Waals surface area contributed by atoms with Crippen LogP contribution in [0.25, 0.3) is 0 Å². The summed E-state index contributed by atoms with van der Waals surface area (Å²) in [6.07, 6.45) is 10.3. The maximum Gasteiger partial charge on any atom is 0.246 e. The SMILES string of the molecule is CSc1cccc(NC(=O)[C@H]2[C@@H]3C=C[C@]4(O3)[C@@H]2C(=O)N(Cc2ccc(Cl)cc2)[C@H]4C(=O)NC2CCCCC2)c1. The third-order valence-electron chi connectivity index (χ3n) is 8.48. The zero-order chi connectivity index (χ0) is 27.1. The zero-order valence-electron chi connectivity index (χ0n) is 21.8. The van der Waals surface area contributed by atoms with Gasteiger partial charge in [0.05, 0.1) is 17.9 Å². The molecule has 5 atom stereocenters. The molecule has 3 fully saturated rings. The van der Waals surface area contributed by atoms with Crippen molar-refractivity contribution < 1.29 is 19.1 Å². The van der Waals surface area contributed by atoms with Gasteiger partial charge in [-0.2, -0.15) is 0 Å². The molecule has 3 heterocycles. The van der Waals surface area contributed by atoms with Crippen LogP contribution in [0.2, 0.25) is 5.02 Å². The van der Waals surface area contributed by atoms with E-state index >= 15 is 0 Å². The van der Waals surface area contributed by atoms with Crippen molar-refractivity contribution in [2.24, 2.45) is 11.8 Å². The van der Waals surface area contributed by atoms with Crippen LogP contribution in [0.4, 0.5) is 5.69 Å². The van der Waals surface area contributed by atoms with Crippen molar-refractivity contribution in [2.75, 3.05) is 11.6 Å². The van der Waals surface area contributed by atoms with Crippen LogP contribution in [0.3, 0.4) is 0 Å². The van der Waals surface area contributed by atoms with Gasteiger partial charge in [0.2, 0.25) is 17.7 Å². The van der Waals surface area contributed by atoms with Gasteiger partial charge in [-0.15, -0.1) is 11.8 Å². The fourth-order valence-corrected chi connectivity index (χ4v) is 7.26. The van der Waals surface area contributed by atoms with E-state index in [1.54, 1.807) is 28.8 Å². The van der Waals surface area contributed by atoms with Crippen LogP contribution in [0.15, 0.2) is 65.6 Å². The number of likely N-dealkylation sites (tertiary alicyclic amines) is 1. The molecule has 1 saturated carbocycles. The number of nitrogens with zero attached hydrogens (tertiary/aromatic N) is 1. The molecule has 3 amide bonds. The second kappa shape index (κ2) is 10.6. The summed E-state index contributed by atoms with van der Waals surface area (Å²) in [6.45, 7) is 0.225. The van der Waals surface area contributed by atoms with Crippen LogP contribution in [-0.2, 0) is 25.7 Å². The fraction of sp³-hybridized carbons (Fsp3) is 0.433. The Morgan fingerprint density at radius 3 is 2.62 bits per heavy atom. The molecule has 2 saturated heterocycles. The number of halogens is 1. The van der Waals surface area contributed by atoms with Gasteiger partial charge in [-0.3, -0.25) is 14.4 Å². The van der Waals surface area contributed by atoms with E-state index in [1.807, 2.05) is 54.8 Å². The molecule has 204 valence electrons. The molecule has 3 aliphatic heterocycles. The maximum absolute atomic E-state index is 14.1. The van der Waals surface area contributed by atoms with Gasteiger partial charge in [-0.1, -0.05) is 61.2 Å². The molecule has 2 aromatic carbocycles. The first kappa shape index (κ1) is 26.4. The fourth-order valence-electron chi connectivity index (χ4n) is 6.68.